The van der Waals surface area contributed by atoms with Crippen molar-refractivity contribution in [3.05, 3.63) is 29.6 Å². The lowest BCUT2D eigenvalue weighted by Gasteiger charge is -2.29. The first-order chi connectivity index (χ1) is 10.7. The summed E-state index contributed by atoms with van der Waals surface area (Å²) in [6.45, 7) is 2.96. The van der Waals surface area contributed by atoms with Crippen molar-refractivity contribution >= 4 is 17.8 Å². The Kier molecular flexibility index (Phi) is 6.51. The molecule has 1 heterocycles. The van der Waals surface area contributed by atoms with Gasteiger partial charge in [0.05, 0.1) is 12.6 Å². The van der Waals surface area contributed by atoms with Gasteiger partial charge in [-0.05, 0) is 36.6 Å². The molecule has 2 amide bonds. The Bertz CT molecular complexity index is 513. The summed E-state index contributed by atoms with van der Waals surface area (Å²) in [6, 6.07) is 4.39. The van der Waals surface area contributed by atoms with Crippen LogP contribution in [0.3, 0.4) is 0 Å². The molecular weight excluding hydrogens is 303 g/mol. The smallest absolute Gasteiger partial charge is 0.317 e. The predicted molar refractivity (Wildman–Crippen MR) is 86.6 cm³/mol. The van der Waals surface area contributed by atoms with Crippen molar-refractivity contribution in [1.29, 1.82) is 0 Å². The molecule has 1 aromatic rings. The summed E-state index contributed by atoms with van der Waals surface area (Å²) in [5, 5.41) is 12.1. The van der Waals surface area contributed by atoms with Gasteiger partial charge in [0, 0.05) is 23.7 Å². The lowest BCUT2D eigenvalue weighted by molar-refractivity contribution is 0.172. The zero-order valence-corrected chi connectivity index (χ0v) is 13.7. The zero-order chi connectivity index (χ0) is 15.9. The molecule has 4 nitrogen and oxygen atoms in total. The number of nitrogens with zero attached hydrogens (tertiary/aromatic N) is 1. The number of halogens is 1. The number of amides is 2. The first kappa shape index (κ1) is 17.1. The summed E-state index contributed by atoms with van der Waals surface area (Å²) in [5.41, 5.74) is 0.851. The summed E-state index contributed by atoms with van der Waals surface area (Å²) >= 11 is 1.69. The minimum atomic E-state index is -0.279. The van der Waals surface area contributed by atoms with Crippen LogP contribution in [0.15, 0.2) is 23.1 Å². The molecule has 0 saturated heterocycles. The number of benzene rings is 1. The van der Waals surface area contributed by atoms with Gasteiger partial charge in [-0.1, -0.05) is 13.3 Å². The Hall–Kier alpha value is -1.27. The molecular formula is C16H23FN2O2S. The van der Waals surface area contributed by atoms with E-state index in [9.17, 15) is 9.18 Å². The van der Waals surface area contributed by atoms with E-state index in [1.807, 2.05) is 0 Å². The van der Waals surface area contributed by atoms with E-state index in [1.165, 1.54) is 12.1 Å². The number of urea groups is 1. The molecule has 1 aliphatic rings. The Morgan fingerprint density at radius 2 is 2.32 bits per heavy atom. The van der Waals surface area contributed by atoms with E-state index < -0.39 is 0 Å². The molecule has 1 aromatic carbocycles. The molecule has 6 heteroatoms. The SMILES string of the molecule is CCCCN(CCO)C(=O)NC1CCSc2ccc(F)cc21. The van der Waals surface area contributed by atoms with Crippen LogP contribution in [0.4, 0.5) is 9.18 Å². The monoisotopic (exact) mass is 326 g/mol. The molecule has 0 radical (unpaired) electrons. The maximum Gasteiger partial charge on any atom is 0.317 e. The van der Waals surface area contributed by atoms with Gasteiger partial charge in [-0.3, -0.25) is 0 Å². The van der Waals surface area contributed by atoms with E-state index in [4.69, 9.17) is 5.11 Å². The van der Waals surface area contributed by atoms with Crippen LogP contribution in [0, 0.1) is 5.82 Å². The second-order valence-electron chi connectivity index (χ2n) is 5.39. The van der Waals surface area contributed by atoms with Crippen LogP contribution in [0.25, 0.3) is 0 Å². The normalized spacial score (nSPS) is 17.0. The Balaban J connectivity index is 2.06. The van der Waals surface area contributed by atoms with Gasteiger partial charge < -0.3 is 15.3 Å². The van der Waals surface area contributed by atoms with Crippen LogP contribution in [-0.2, 0) is 0 Å². The molecule has 0 bridgehead atoms. The number of hydrogen-bond acceptors (Lipinski definition) is 3. The van der Waals surface area contributed by atoms with Gasteiger partial charge in [-0.15, -0.1) is 11.8 Å². The number of aliphatic hydroxyl groups is 1. The Morgan fingerprint density at radius 1 is 1.50 bits per heavy atom. The predicted octanol–water partition coefficient (Wildman–Crippen LogP) is 3.17. The molecule has 22 heavy (non-hydrogen) atoms. The van der Waals surface area contributed by atoms with E-state index in [2.05, 4.69) is 12.2 Å². The highest BCUT2D eigenvalue weighted by Crippen LogP contribution is 2.36. The highest BCUT2D eigenvalue weighted by Gasteiger charge is 2.24. The molecule has 0 aromatic heterocycles. The fourth-order valence-electron chi connectivity index (χ4n) is 2.54. The molecule has 1 unspecified atom stereocenters. The van der Waals surface area contributed by atoms with Gasteiger partial charge in [-0.2, -0.15) is 0 Å². The van der Waals surface area contributed by atoms with Crippen molar-refractivity contribution in [2.75, 3.05) is 25.4 Å². The third-order valence-corrected chi connectivity index (χ3v) is 4.87. The van der Waals surface area contributed by atoms with Crippen molar-refractivity contribution in [1.82, 2.24) is 10.2 Å². The topological polar surface area (TPSA) is 52.6 Å². The molecule has 2 N–H and O–H groups in total. The molecule has 1 aliphatic heterocycles. The number of carbonyl (C=O) groups excluding carboxylic acids is 1. The Labute approximate surface area is 135 Å². The van der Waals surface area contributed by atoms with Crippen molar-refractivity contribution in [3.63, 3.8) is 0 Å². The first-order valence-corrected chi connectivity index (χ1v) is 8.72. The lowest BCUT2D eigenvalue weighted by atomic mass is 10.0. The van der Waals surface area contributed by atoms with Crippen LogP contribution in [-0.4, -0.2) is 41.5 Å². The summed E-state index contributed by atoms with van der Waals surface area (Å²) in [5.74, 6) is 0.622. The maximum atomic E-state index is 13.5. The lowest BCUT2D eigenvalue weighted by Crippen LogP contribution is -2.44. The number of hydrogen-bond donors (Lipinski definition) is 2. The van der Waals surface area contributed by atoms with Gasteiger partial charge in [-0.25, -0.2) is 9.18 Å². The van der Waals surface area contributed by atoms with Gasteiger partial charge in [0.1, 0.15) is 5.82 Å². The van der Waals surface area contributed by atoms with E-state index in [0.29, 0.717) is 13.1 Å². The van der Waals surface area contributed by atoms with Crippen molar-refractivity contribution < 1.29 is 14.3 Å². The van der Waals surface area contributed by atoms with Gasteiger partial charge in [0.2, 0.25) is 0 Å². The summed E-state index contributed by atoms with van der Waals surface area (Å²) in [6.07, 6.45) is 2.68. The van der Waals surface area contributed by atoms with Crippen molar-refractivity contribution in [2.24, 2.45) is 0 Å². The van der Waals surface area contributed by atoms with E-state index in [1.54, 1.807) is 22.7 Å². The molecule has 1 atom stereocenters. The molecule has 122 valence electrons. The molecule has 0 aliphatic carbocycles. The van der Waals surface area contributed by atoms with Gasteiger partial charge in [0.25, 0.3) is 0 Å². The van der Waals surface area contributed by atoms with Gasteiger partial charge in [0.15, 0.2) is 0 Å². The number of unbranched alkanes of at least 4 members (excludes halogenated alkanes) is 1. The quantitative estimate of drug-likeness (QED) is 0.844. The number of rotatable bonds is 6. The number of carbonyl (C=O) groups is 1. The largest absolute Gasteiger partial charge is 0.395 e. The summed E-state index contributed by atoms with van der Waals surface area (Å²) in [4.78, 5) is 15.1. The van der Waals surface area contributed by atoms with Crippen LogP contribution in [0.1, 0.15) is 37.8 Å². The van der Waals surface area contributed by atoms with Gasteiger partial charge >= 0.3 is 6.03 Å². The molecule has 0 fully saturated rings. The third-order valence-electron chi connectivity index (χ3n) is 3.75. The van der Waals surface area contributed by atoms with E-state index in [0.717, 1.165) is 35.5 Å². The number of fused-ring (bicyclic) bond motifs is 1. The second kappa shape index (κ2) is 8.39. The number of aliphatic hydroxyl groups excluding tert-OH is 1. The van der Waals surface area contributed by atoms with Crippen LogP contribution in [0.5, 0.6) is 0 Å². The fourth-order valence-corrected chi connectivity index (χ4v) is 3.65. The van der Waals surface area contributed by atoms with Crippen LogP contribution < -0.4 is 5.32 Å². The number of nitrogens with one attached hydrogen (secondary N) is 1. The van der Waals surface area contributed by atoms with Crippen molar-refractivity contribution in [2.45, 2.75) is 37.1 Å². The van der Waals surface area contributed by atoms with E-state index >= 15 is 0 Å². The van der Waals surface area contributed by atoms with Crippen LogP contribution in [0.2, 0.25) is 0 Å². The first-order valence-electron chi connectivity index (χ1n) is 7.74. The minimum Gasteiger partial charge on any atom is -0.395 e. The molecule has 2 rings (SSSR count). The molecule has 0 saturated carbocycles. The van der Waals surface area contributed by atoms with E-state index in [-0.39, 0.29) is 24.5 Å². The van der Waals surface area contributed by atoms with Crippen LogP contribution >= 0.6 is 11.8 Å². The summed E-state index contributed by atoms with van der Waals surface area (Å²) in [7, 11) is 0. The second-order valence-corrected chi connectivity index (χ2v) is 6.52. The minimum absolute atomic E-state index is 0.0527. The van der Waals surface area contributed by atoms with Crippen molar-refractivity contribution in [3.8, 4) is 0 Å². The Morgan fingerprint density at radius 3 is 3.05 bits per heavy atom. The average molecular weight is 326 g/mol. The third kappa shape index (κ3) is 4.36. The molecule has 0 spiro atoms. The zero-order valence-electron chi connectivity index (χ0n) is 12.8. The highest BCUT2D eigenvalue weighted by atomic mass is 32.2. The average Bonchev–Trinajstić information content (AvgIpc) is 2.52. The highest BCUT2D eigenvalue weighted by molar-refractivity contribution is 7.99. The summed E-state index contributed by atoms with van der Waals surface area (Å²) < 4.78 is 13.5. The maximum absolute atomic E-state index is 13.5. The standard InChI is InChI=1S/C16H23FN2O2S/c1-2-3-7-19(8-9-20)16(21)18-14-6-10-22-15-5-4-12(17)11-13(14)15/h4-5,11,14,20H,2-3,6-10H2,1H3,(H,18,21). The number of thioether (sulfide) groups is 1. The fraction of sp³-hybridized carbons (Fsp3) is 0.562.